The number of ketones is 1. The molecule has 8 heteroatoms. The quantitative estimate of drug-likeness (QED) is 0.579. The minimum Gasteiger partial charge on any atom is -0.497 e. The van der Waals surface area contributed by atoms with Crippen LogP contribution in [0.2, 0.25) is 0 Å². The van der Waals surface area contributed by atoms with Crippen LogP contribution in [0.5, 0.6) is 5.75 Å². The second-order valence-corrected chi connectivity index (χ2v) is 7.25. The lowest BCUT2D eigenvalue weighted by Gasteiger charge is -2.09. The number of hydrogen-bond donors (Lipinski definition) is 0. The fourth-order valence-electron chi connectivity index (χ4n) is 2.32. The number of methoxy groups -OCH3 is 1. The van der Waals surface area contributed by atoms with Crippen LogP contribution in [-0.2, 0) is 4.79 Å². The van der Waals surface area contributed by atoms with Gasteiger partial charge < -0.3 is 4.74 Å². The number of ether oxygens (including phenoxy) is 1. The Morgan fingerprint density at radius 3 is 2.81 bits per heavy atom. The Morgan fingerprint density at radius 2 is 2.19 bits per heavy atom. The second-order valence-electron chi connectivity index (χ2n) is 5.42. The van der Waals surface area contributed by atoms with Crippen molar-refractivity contribution >= 4 is 28.9 Å². The van der Waals surface area contributed by atoms with Crippen LogP contribution in [-0.4, -0.2) is 33.2 Å². The molecular formula is C18H16N4O2S2. The standard InChI is InChI=1S/C18H16N4O2S2/c1-12-10-25-17(21-12)15(9-19)16(23)11-26-18-20-7-8-22(18)13-3-5-14(24-2)6-4-13/h3-8,10,15H,11H2,1-2H3/t15-/m0/s1. The Kier molecular flexibility index (Phi) is 5.71. The number of carbonyl (C=O) groups excluding carboxylic acids is 1. The van der Waals surface area contributed by atoms with Crippen molar-refractivity contribution in [1.82, 2.24) is 14.5 Å². The van der Waals surface area contributed by atoms with E-state index >= 15 is 0 Å². The van der Waals surface area contributed by atoms with Crippen LogP contribution in [0.3, 0.4) is 0 Å². The molecule has 0 spiro atoms. The summed E-state index contributed by atoms with van der Waals surface area (Å²) >= 11 is 2.65. The molecule has 132 valence electrons. The van der Waals surface area contributed by atoms with Gasteiger partial charge in [0.25, 0.3) is 0 Å². The average molecular weight is 384 g/mol. The molecule has 0 N–H and O–H groups in total. The molecule has 3 aromatic rings. The van der Waals surface area contributed by atoms with Gasteiger partial charge in [0.05, 0.1) is 18.9 Å². The molecule has 0 saturated heterocycles. The Morgan fingerprint density at radius 1 is 1.42 bits per heavy atom. The van der Waals surface area contributed by atoms with Crippen LogP contribution in [0.25, 0.3) is 5.69 Å². The molecule has 0 bridgehead atoms. The number of aryl methyl sites for hydroxylation is 1. The highest BCUT2D eigenvalue weighted by molar-refractivity contribution is 7.99. The Balaban J connectivity index is 1.71. The van der Waals surface area contributed by atoms with Gasteiger partial charge in [-0.05, 0) is 31.2 Å². The van der Waals surface area contributed by atoms with E-state index in [1.54, 1.807) is 13.3 Å². The van der Waals surface area contributed by atoms with E-state index in [4.69, 9.17) is 4.74 Å². The van der Waals surface area contributed by atoms with E-state index in [1.807, 2.05) is 47.3 Å². The van der Waals surface area contributed by atoms with Gasteiger partial charge in [-0.3, -0.25) is 9.36 Å². The number of benzene rings is 1. The van der Waals surface area contributed by atoms with Crippen LogP contribution in [0.4, 0.5) is 0 Å². The maximum Gasteiger partial charge on any atom is 0.173 e. The van der Waals surface area contributed by atoms with Crippen molar-refractivity contribution in [2.45, 2.75) is 18.0 Å². The number of nitriles is 1. The molecule has 1 atom stereocenters. The van der Waals surface area contributed by atoms with E-state index < -0.39 is 5.92 Å². The van der Waals surface area contributed by atoms with E-state index in [-0.39, 0.29) is 11.5 Å². The first-order chi connectivity index (χ1) is 12.6. The van der Waals surface area contributed by atoms with Crippen LogP contribution < -0.4 is 4.74 Å². The molecule has 0 aliphatic heterocycles. The largest absolute Gasteiger partial charge is 0.497 e. The van der Waals surface area contributed by atoms with Gasteiger partial charge in [-0.1, -0.05) is 11.8 Å². The van der Waals surface area contributed by atoms with Gasteiger partial charge in [0, 0.05) is 29.2 Å². The summed E-state index contributed by atoms with van der Waals surface area (Å²) in [6, 6.07) is 9.64. The van der Waals surface area contributed by atoms with Crippen molar-refractivity contribution in [3.8, 4) is 17.5 Å². The summed E-state index contributed by atoms with van der Waals surface area (Å²) < 4.78 is 7.06. The lowest BCUT2D eigenvalue weighted by atomic mass is 10.1. The smallest absolute Gasteiger partial charge is 0.173 e. The van der Waals surface area contributed by atoms with E-state index in [0.29, 0.717) is 10.2 Å². The zero-order valence-electron chi connectivity index (χ0n) is 14.2. The Bertz CT molecular complexity index is 941. The summed E-state index contributed by atoms with van der Waals surface area (Å²) in [6.07, 6.45) is 3.52. The maximum atomic E-state index is 12.5. The van der Waals surface area contributed by atoms with Gasteiger partial charge in [0.2, 0.25) is 0 Å². The summed E-state index contributed by atoms with van der Waals surface area (Å²) in [5.41, 5.74) is 1.74. The van der Waals surface area contributed by atoms with Gasteiger partial charge in [0.15, 0.2) is 16.9 Å². The van der Waals surface area contributed by atoms with Gasteiger partial charge >= 0.3 is 0 Å². The molecule has 0 aliphatic carbocycles. The Hall–Kier alpha value is -2.63. The highest BCUT2D eigenvalue weighted by Crippen LogP contribution is 2.26. The monoisotopic (exact) mass is 384 g/mol. The van der Waals surface area contributed by atoms with Crippen LogP contribution in [0.15, 0.2) is 47.2 Å². The van der Waals surface area contributed by atoms with Crippen LogP contribution >= 0.6 is 23.1 Å². The topological polar surface area (TPSA) is 80.8 Å². The molecule has 0 radical (unpaired) electrons. The third kappa shape index (κ3) is 3.95. The lowest BCUT2D eigenvalue weighted by molar-refractivity contribution is -0.116. The maximum absolute atomic E-state index is 12.5. The number of hydrogen-bond acceptors (Lipinski definition) is 7. The predicted molar refractivity (Wildman–Crippen MR) is 101 cm³/mol. The number of Topliss-reactive ketones (excluding diaryl/α,β-unsaturated/α-hetero) is 1. The summed E-state index contributed by atoms with van der Waals surface area (Å²) in [5, 5.41) is 12.4. The van der Waals surface area contributed by atoms with Crippen molar-refractivity contribution in [3.63, 3.8) is 0 Å². The van der Waals surface area contributed by atoms with E-state index in [0.717, 1.165) is 17.1 Å². The first kappa shape index (κ1) is 18.2. The number of carbonyl (C=O) groups is 1. The predicted octanol–water partition coefficient (Wildman–Crippen LogP) is 3.61. The summed E-state index contributed by atoms with van der Waals surface area (Å²) in [4.78, 5) is 21.1. The fourth-order valence-corrected chi connectivity index (χ4v) is 4.06. The van der Waals surface area contributed by atoms with Crippen molar-refractivity contribution in [1.29, 1.82) is 5.26 Å². The first-order valence-corrected chi connectivity index (χ1v) is 9.64. The molecule has 0 amide bonds. The van der Waals surface area contributed by atoms with Crippen molar-refractivity contribution in [2.24, 2.45) is 0 Å². The molecule has 0 saturated carbocycles. The minimum absolute atomic E-state index is 0.157. The zero-order valence-corrected chi connectivity index (χ0v) is 15.9. The zero-order chi connectivity index (χ0) is 18.5. The molecule has 6 nitrogen and oxygen atoms in total. The summed E-state index contributed by atoms with van der Waals surface area (Å²) in [6.45, 7) is 1.85. The fraction of sp³-hybridized carbons (Fsp3) is 0.222. The number of imidazole rings is 1. The minimum atomic E-state index is -0.828. The van der Waals surface area contributed by atoms with Gasteiger partial charge in [-0.25, -0.2) is 9.97 Å². The van der Waals surface area contributed by atoms with Gasteiger partial charge in [-0.15, -0.1) is 11.3 Å². The van der Waals surface area contributed by atoms with Gasteiger partial charge in [0.1, 0.15) is 10.8 Å². The third-order valence-corrected chi connectivity index (χ3v) is 5.65. The SMILES string of the molecule is COc1ccc(-n2ccnc2SCC(=O)[C@H](C#N)c2nc(C)cs2)cc1. The number of nitrogens with zero attached hydrogens (tertiary/aromatic N) is 4. The molecule has 0 fully saturated rings. The highest BCUT2D eigenvalue weighted by atomic mass is 32.2. The summed E-state index contributed by atoms with van der Waals surface area (Å²) in [7, 11) is 1.62. The van der Waals surface area contributed by atoms with E-state index in [1.165, 1.54) is 23.1 Å². The number of rotatable bonds is 7. The number of aromatic nitrogens is 3. The number of thiazole rings is 1. The first-order valence-electron chi connectivity index (χ1n) is 7.77. The van der Waals surface area contributed by atoms with Crippen molar-refractivity contribution < 1.29 is 9.53 Å². The van der Waals surface area contributed by atoms with Crippen molar-refractivity contribution in [2.75, 3.05) is 12.9 Å². The van der Waals surface area contributed by atoms with Gasteiger partial charge in [-0.2, -0.15) is 5.26 Å². The molecule has 2 aromatic heterocycles. The lowest BCUT2D eigenvalue weighted by Crippen LogP contribution is -2.13. The molecule has 26 heavy (non-hydrogen) atoms. The average Bonchev–Trinajstić information content (AvgIpc) is 3.30. The highest BCUT2D eigenvalue weighted by Gasteiger charge is 2.23. The molecule has 3 rings (SSSR count). The number of thioether (sulfide) groups is 1. The molecule has 2 heterocycles. The van der Waals surface area contributed by atoms with Crippen molar-refractivity contribution in [3.05, 3.63) is 52.7 Å². The Labute approximate surface area is 159 Å². The van der Waals surface area contributed by atoms with Crippen LogP contribution in [0, 0.1) is 18.3 Å². The van der Waals surface area contributed by atoms with E-state index in [9.17, 15) is 10.1 Å². The van der Waals surface area contributed by atoms with E-state index in [2.05, 4.69) is 16.0 Å². The second kappa shape index (κ2) is 8.17. The molecular weight excluding hydrogens is 368 g/mol. The van der Waals surface area contributed by atoms with Crippen LogP contribution in [0.1, 0.15) is 16.6 Å². The summed E-state index contributed by atoms with van der Waals surface area (Å²) in [5.74, 6) is -0.0695. The normalized spacial score (nSPS) is 11.7. The third-order valence-electron chi connectivity index (χ3n) is 3.64. The molecule has 0 aliphatic rings. The molecule has 0 unspecified atom stereocenters. The molecule has 1 aromatic carbocycles.